The maximum Gasteiger partial charge on any atom is 0.264 e. The summed E-state index contributed by atoms with van der Waals surface area (Å²) < 4.78 is 42.4. The lowest BCUT2D eigenvalue weighted by atomic mass is 10.1. The lowest BCUT2D eigenvalue weighted by Crippen LogP contribution is -2.52. The average molecular weight is 588 g/mol. The molecule has 0 heterocycles. The molecular formula is C30H35ClFN3O4S. The molecule has 0 spiro atoms. The van der Waals surface area contributed by atoms with Gasteiger partial charge in [-0.25, -0.2) is 12.8 Å². The lowest BCUT2D eigenvalue weighted by molar-refractivity contribution is -0.140. The number of hydrogen-bond acceptors (Lipinski definition) is 4. The van der Waals surface area contributed by atoms with Gasteiger partial charge in [-0.15, -0.1) is 0 Å². The van der Waals surface area contributed by atoms with Crippen LogP contribution in [0.2, 0.25) is 5.02 Å². The Morgan fingerprint density at radius 1 is 1.00 bits per heavy atom. The van der Waals surface area contributed by atoms with E-state index in [-0.39, 0.29) is 29.0 Å². The normalized spacial score (nSPS) is 12.2. The minimum absolute atomic E-state index is 0.00831. The summed E-state index contributed by atoms with van der Waals surface area (Å²) >= 11 is 6.25. The van der Waals surface area contributed by atoms with Crippen molar-refractivity contribution in [2.75, 3.05) is 17.4 Å². The highest BCUT2D eigenvalue weighted by Gasteiger charge is 2.34. The van der Waals surface area contributed by atoms with Gasteiger partial charge in [-0.2, -0.15) is 0 Å². The van der Waals surface area contributed by atoms with E-state index in [0.717, 1.165) is 4.31 Å². The summed E-state index contributed by atoms with van der Waals surface area (Å²) in [6.45, 7) is 7.26. The predicted molar refractivity (Wildman–Crippen MR) is 156 cm³/mol. The summed E-state index contributed by atoms with van der Waals surface area (Å²) in [5.41, 5.74) is 1.45. The summed E-state index contributed by atoms with van der Waals surface area (Å²) in [4.78, 5) is 28.6. The standard InChI is InChI=1S/C30H35ClFN3O4S/c1-5-27(30(37)33-18-21(2)3)34(19-23-12-15-25(32)16-13-23)29(36)20-35(28-17-24(31)14-11-22(28)4)40(38,39)26-9-7-6-8-10-26/h6-17,21,27H,5,18-20H2,1-4H3,(H,33,37). The highest BCUT2D eigenvalue weighted by Crippen LogP contribution is 2.30. The van der Waals surface area contributed by atoms with Gasteiger partial charge in [-0.3, -0.25) is 13.9 Å². The van der Waals surface area contributed by atoms with Crippen molar-refractivity contribution >= 4 is 39.1 Å². The fourth-order valence-electron chi connectivity index (χ4n) is 4.21. The third kappa shape index (κ3) is 7.82. The van der Waals surface area contributed by atoms with Gasteiger partial charge in [0.2, 0.25) is 11.8 Å². The van der Waals surface area contributed by atoms with Crippen molar-refractivity contribution in [1.29, 1.82) is 0 Å². The number of carbonyl (C=O) groups is 2. The number of nitrogens with zero attached hydrogens (tertiary/aromatic N) is 2. The highest BCUT2D eigenvalue weighted by atomic mass is 35.5. The molecule has 10 heteroatoms. The number of nitrogens with one attached hydrogen (secondary N) is 1. The van der Waals surface area contributed by atoms with Gasteiger partial charge in [0.1, 0.15) is 18.4 Å². The van der Waals surface area contributed by atoms with Gasteiger partial charge in [-0.05, 0) is 66.8 Å². The quantitative estimate of drug-likeness (QED) is 0.300. The first-order chi connectivity index (χ1) is 18.9. The van der Waals surface area contributed by atoms with E-state index in [4.69, 9.17) is 11.6 Å². The Bertz CT molecular complexity index is 1420. The fourth-order valence-corrected chi connectivity index (χ4v) is 5.87. The van der Waals surface area contributed by atoms with Crippen LogP contribution in [0.25, 0.3) is 0 Å². The predicted octanol–water partition coefficient (Wildman–Crippen LogP) is 5.56. The first kappa shape index (κ1) is 31.1. The third-order valence-electron chi connectivity index (χ3n) is 6.39. The number of hydrogen-bond donors (Lipinski definition) is 1. The van der Waals surface area contributed by atoms with Crippen LogP contribution in [-0.2, 0) is 26.2 Å². The smallest absolute Gasteiger partial charge is 0.264 e. The molecule has 7 nitrogen and oxygen atoms in total. The molecule has 40 heavy (non-hydrogen) atoms. The van der Waals surface area contributed by atoms with Crippen LogP contribution >= 0.6 is 11.6 Å². The maximum absolute atomic E-state index is 14.0. The Balaban J connectivity index is 2.07. The molecule has 3 aromatic rings. The zero-order chi connectivity index (χ0) is 29.4. The molecule has 0 aliphatic heterocycles. The van der Waals surface area contributed by atoms with Gasteiger partial charge in [0.15, 0.2) is 0 Å². The Kier molecular flexibility index (Phi) is 10.7. The second-order valence-electron chi connectivity index (χ2n) is 9.97. The lowest BCUT2D eigenvalue weighted by Gasteiger charge is -2.33. The molecule has 214 valence electrons. The van der Waals surface area contributed by atoms with Crippen molar-refractivity contribution in [2.24, 2.45) is 5.92 Å². The second-order valence-corrected chi connectivity index (χ2v) is 12.3. The number of rotatable bonds is 12. The molecule has 0 aliphatic rings. The number of carbonyl (C=O) groups excluding carboxylic acids is 2. The molecular weight excluding hydrogens is 553 g/mol. The van der Waals surface area contributed by atoms with Crippen LogP contribution < -0.4 is 9.62 Å². The Hall–Kier alpha value is -3.43. The van der Waals surface area contributed by atoms with Crippen LogP contribution in [0.1, 0.15) is 38.3 Å². The van der Waals surface area contributed by atoms with E-state index in [1.54, 1.807) is 44.2 Å². The monoisotopic (exact) mass is 587 g/mol. The fraction of sp³-hybridized carbons (Fsp3) is 0.333. The Morgan fingerprint density at radius 3 is 2.25 bits per heavy atom. The van der Waals surface area contributed by atoms with Gasteiger partial charge >= 0.3 is 0 Å². The number of anilines is 1. The molecule has 0 fully saturated rings. The number of amides is 2. The molecule has 0 aliphatic carbocycles. The topological polar surface area (TPSA) is 86.8 Å². The van der Waals surface area contributed by atoms with Crippen molar-refractivity contribution in [2.45, 2.75) is 51.6 Å². The van der Waals surface area contributed by atoms with Crippen molar-refractivity contribution < 1.29 is 22.4 Å². The van der Waals surface area contributed by atoms with Gasteiger partial charge in [0.05, 0.1) is 10.6 Å². The van der Waals surface area contributed by atoms with E-state index in [1.165, 1.54) is 47.4 Å². The first-order valence-electron chi connectivity index (χ1n) is 13.1. The molecule has 3 rings (SSSR count). The molecule has 3 aromatic carbocycles. The van der Waals surface area contributed by atoms with E-state index < -0.39 is 34.3 Å². The first-order valence-corrected chi connectivity index (χ1v) is 14.9. The summed E-state index contributed by atoms with van der Waals surface area (Å²) in [6, 6.07) is 17.4. The van der Waals surface area contributed by atoms with E-state index in [2.05, 4.69) is 5.32 Å². The molecule has 1 unspecified atom stereocenters. The second kappa shape index (κ2) is 13.8. The van der Waals surface area contributed by atoms with Gasteiger partial charge in [-0.1, -0.05) is 68.8 Å². The summed E-state index contributed by atoms with van der Waals surface area (Å²) in [6.07, 6.45) is 0.290. The molecule has 2 amide bonds. The van der Waals surface area contributed by atoms with E-state index in [0.29, 0.717) is 29.1 Å². The Morgan fingerprint density at radius 2 is 1.65 bits per heavy atom. The molecule has 0 saturated heterocycles. The van der Waals surface area contributed by atoms with Crippen molar-refractivity contribution in [1.82, 2.24) is 10.2 Å². The summed E-state index contributed by atoms with van der Waals surface area (Å²) in [7, 11) is -4.20. The van der Waals surface area contributed by atoms with Crippen LogP contribution in [-0.4, -0.2) is 44.3 Å². The van der Waals surface area contributed by atoms with Crippen molar-refractivity contribution in [3.8, 4) is 0 Å². The minimum atomic E-state index is -4.20. The molecule has 1 atom stereocenters. The molecule has 0 bridgehead atoms. The average Bonchev–Trinajstić information content (AvgIpc) is 2.93. The zero-order valence-corrected chi connectivity index (χ0v) is 24.7. The molecule has 1 N–H and O–H groups in total. The van der Waals surface area contributed by atoms with Crippen molar-refractivity contribution in [3.63, 3.8) is 0 Å². The van der Waals surface area contributed by atoms with E-state index in [1.807, 2.05) is 13.8 Å². The van der Waals surface area contributed by atoms with E-state index >= 15 is 0 Å². The Labute approximate surface area is 241 Å². The molecule has 0 aromatic heterocycles. The largest absolute Gasteiger partial charge is 0.354 e. The SMILES string of the molecule is CCC(C(=O)NCC(C)C)N(Cc1ccc(F)cc1)C(=O)CN(c1cc(Cl)ccc1C)S(=O)(=O)c1ccccc1. The number of benzene rings is 3. The maximum atomic E-state index is 14.0. The van der Waals surface area contributed by atoms with Crippen LogP contribution in [0.5, 0.6) is 0 Å². The number of halogens is 2. The van der Waals surface area contributed by atoms with Gasteiger partial charge < -0.3 is 10.2 Å². The number of aryl methyl sites for hydroxylation is 1. The minimum Gasteiger partial charge on any atom is -0.354 e. The van der Waals surface area contributed by atoms with Crippen LogP contribution in [0, 0.1) is 18.7 Å². The van der Waals surface area contributed by atoms with Crippen LogP contribution in [0.4, 0.5) is 10.1 Å². The zero-order valence-electron chi connectivity index (χ0n) is 23.1. The summed E-state index contributed by atoms with van der Waals surface area (Å²) in [5, 5.41) is 3.19. The van der Waals surface area contributed by atoms with Crippen LogP contribution in [0.3, 0.4) is 0 Å². The highest BCUT2D eigenvalue weighted by molar-refractivity contribution is 7.92. The molecule has 0 radical (unpaired) electrons. The van der Waals surface area contributed by atoms with Gasteiger partial charge in [0.25, 0.3) is 10.0 Å². The summed E-state index contributed by atoms with van der Waals surface area (Å²) in [5.74, 6) is -1.17. The van der Waals surface area contributed by atoms with Gasteiger partial charge in [0, 0.05) is 18.1 Å². The number of sulfonamides is 1. The van der Waals surface area contributed by atoms with E-state index in [9.17, 15) is 22.4 Å². The molecule has 0 saturated carbocycles. The van der Waals surface area contributed by atoms with Crippen LogP contribution in [0.15, 0.2) is 77.7 Å². The van der Waals surface area contributed by atoms with Crippen molar-refractivity contribution in [3.05, 3.63) is 94.8 Å². The third-order valence-corrected chi connectivity index (χ3v) is 8.40.